The van der Waals surface area contributed by atoms with Crippen molar-refractivity contribution >= 4 is 11.7 Å². The first kappa shape index (κ1) is 10.1. The van der Waals surface area contributed by atoms with Gasteiger partial charge in [0.2, 0.25) is 0 Å². The van der Waals surface area contributed by atoms with Crippen LogP contribution in [0.5, 0.6) is 0 Å². The van der Waals surface area contributed by atoms with Crippen LogP contribution in [0, 0.1) is 0 Å². The summed E-state index contributed by atoms with van der Waals surface area (Å²) in [6, 6.07) is 15.8. The molecule has 0 N–H and O–H groups in total. The Morgan fingerprint density at radius 2 is 1.53 bits per heavy atom. The first-order chi connectivity index (χ1) is 8.45. The van der Waals surface area contributed by atoms with Crippen LogP contribution in [0.15, 0.2) is 54.7 Å². The van der Waals surface area contributed by atoms with Gasteiger partial charge in [-0.2, -0.15) is 8.75 Å². The monoisotopic (exact) mass is 239 g/mol. The molecule has 0 radical (unpaired) electrons. The predicted octanol–water partition coefficient (Wildman–Crippen LogP) is 3.27. The summed E-state index contributed by atoms with van der Waals surface area (Å²) in [5, 5.41) is 0. The molecule has 0 aliphatic heterocycles. The van der Waals surface area contributed by atoms with E-state index in [0.717, 1.165) is 22.6 Å². The molecule has 3 rings (SSSR count). The first-order valence-electron chi connectivity index (χ1n) is 5.24. The zero-order valence-electron chi connectivity index (χ0n) is 8.95. The van der Waals surface area contributed by atoms with Gasteiger partial charge in [0.15, 0.2) is 0 Å². The van der Waals surface area contributed by atoms with E-state index in [0.29, 0.717) is 0 Å². The van der Waals surface area contributed by atoms with Crippen LogP contribution in [0.2, 0.25) is 0 Å². The van der Waals surface area contributed by atoms with Gasteiger partial charge in [0.25, 0.3) is 0 Å². The van der Waals surface area contributed by atoms with Crippen molar-refractivity contribution < 1.29 is 0 Å². The second-order valence-electron chi connectivity index (χ2n) is 3.54. The second-order valence-corrected chi connectivity index (χ2v) is 4.07. The van der Waals surface area contributed by atoms with Gasteiger partial charge in [0.05, 0.1) is 17.4 Å². The Bertz CT molecular complexity index is 551. The fourth-order valence-corrected chi connectivity index (χ4v) is 2.22. The summed E-state index contributed by atoms with van der Waals surface area (Å²) in [7, 11) is 0. The molecule has 0 saturated carbocycles. The maximum atomic E-state index is 4.35. The van der Waals surface area contributed by atoms with Crippen molar-refractivity contribution in [1.29, 1.82) is 0 Å². The molecule has 0 amide bonds. The van der Waals surface area contributed by atoms with Crippen molar-refractivity contribution in [3.05, 3.63) is 54.7 Å². The fraction of sp³-hybridized carbons (Fsp3) is 0. The Kier molecular flexibility index (Phi) is 2.63. The number of pyridine rings is 1. The first-order valence-corrected chi connectivity index (χ1v) is 5.97. The minimum absolute atomic E-state index is 0.849. The van der Waals surface area contributed by atoms with Gasteiger partial charge in [0.1, 0.15) is 11.4 Å². The number of hydrogen-bond acceptors (Lipinski definition) is 4. The standard InChI is InChI=1S/C13H9N3S/c1-2-6-10(7-3-1)12-13(16-17-15-12)11-8-4-5-9-14-11/h1-9H. The lowest BCUT2D eigenvalue weighted by atomic mass is 10.1. The Balaban J connectivity index is 2.13. The molecule has 0 aliphatic carbocycles. The summed E-state index contributed by atoms with van der Waals surface area (Å²) < 4.78 is 8.68. The van der Waals surface area contributed by atoms with E-state index >= 15 is 0 Å². The van der Waals surface area contributed by atoms with Crippen molar-refractivity contribution in [1.82, 2.24) is 13.7 Å². The molecule has 0 spiro atoms. The van der Waals surface area contributed by atoms with E-state index < -0.39 is 0 Å². The highest BCUT2D eigenvalue weighted by atomic mass is 32.1. The van der Waals surface area contributed by atoms with E-state index in [1.165, 1.54) is 11.7 Å². The minimum atomic E-state index is 0.849. The van der Waals surface area contributed by atoms with E-state index in [1.807, 2.05) is 48.5 Å². The summed E-state index contributed by atoms with van der Waals surface area (Å²) in [4.78, 5) is 4.31. The van der Waals surface area contributed by atoms with Crippen molar-refractivity contribution in [2.75, 3.05) is 0 Å². The third-order valence-electron chi connectivity index (χ3n) is 2.44. The molecule has 2 aromatic heterocycles. The Morgan fingerprint density at radius 1 is 0.765 bits per heavy atom. The molecule has 0 fully saturated rings. The summed E-state index contributed by atoms with van der Waals surface area (Å²) in [6.45, 7) is 0. The lowest BCUT2D eigenvalue weighted by Gasteiger charge is -1.99. The highest BCUT2D eigenvalue weighted by Crippen LogP contribution is 2.28. The molecule has 3 nitrogen and oxygen atoms in total. The van der Waals surface area contributed by atoms with Crippen molar-refractivity contribution in [3.8, 4) is 22.6 Å². The van der Waals surface area contributed by atoms with Gasteiger partial charge in [-0.15, -0.1) is 0 Å². The molecule has 3 aromatic rings. The van der Waals surface area contributed by atoms with Crippen LogP contribution in [-0.2, 0) is 0 Å². The zero-order valence-corrected chi connectivity index (χ0v) is 9.76. The highest BCUT2D eigenvalue weighted by Gasteiger charge is 2.12. The fourth-order valence-electron chi connectivity index (χ4n) is 1.64. The zero-order chi connectivity index (χ0) is 11.5. The van der Waals surface area contributed by atoms with Crippen molar-refractivity contribution in [3.63, 3.8) is 0 Å². The molecule has 0 saturated heterocycles. The van der Waals surface area contributed by atoms with Crippen LogP contribution in [0.25, 0.3) is 22.6 Å². The molecule has 82 valence electrons. The quantitative estimate of drug-likeness (QED) is 0.689. The lowest BCUT2D eigenvalue weighted by Crippen LogP contribution is -1.86. The molecule has 0 unspecified atom stereocenters. The summed E-state index contributed by atoms with van der Waals surface area (Å²) in [5.74, 6) is 0. The molecule has 0 bridgehead atoms. The van der Waals surface area contributed by atoms with Gasteiger partial charge in [-0.05, 0) is 12.1 Å². The molecule has 1 aromatic carbocycles. The molecule has 0 aliphatic rings. The lowest BCUT2D eigenvalue weighted by molar-refractivity contribution is 1.30. The molecular formula is C13H9N3S. The maximum absolute atomic E-state index is 4.35. The van der Waals surface area contributed by atoms with Gasteiger partial charge in [-0.1, -0.05) is 36.4 Å². The number of rotatable bonds is 2. The van der Waals surface area contributed by atoms with Gasteiger partial charge in [0, 0.05) is 11.8 Å². The van der Waals surface area contributed by atoms with Crippen LogP contribution in [0.4, 0.5) is 0 Å². The van der Waals surface area contributed by atoms with Crippen LogP contribution >= 0.6 is 11.7 Å². The summed E-state index contributed by atoms with van der Waals surface area (Å²) >= 11 is 1.22. The largest absolute Gasteiger partial charge is 0.254 e. The minimum Gasteiger partial charge on any atom is -0.254 e. The van der Waals surface area contributed by atoms with Gasteiger partial charge in [-0.25, -0.2) is 0 Å². The second kappa shape index (κ2) is 4.43. The van der Waals surface area contributed by atoms with Crippen LogP contribution in [0.1, 0.15) is 0 Å². The van der Waals surface area contributed by atoms with Gasteiger partial charge in [-0.3, -0.25) is 4.98 Å². The van der Waals surface area contributed by atoms with E-state index in [4.69, 9.17) is 0 Å². The van der Waals surface area contributed by atoms with E-state index in [-0.39, 0.29) is 0 Å². The summed E-state index contributed by atoms with van der Waals surface area (Å²) in [5.41, 5.74) is 3.68. The average Bonchev–Trinajstić information content (AvgIpc) is 2.90. The van der Waals surface area contributed by atoms with Crippen LogP contribution < -0.4 is 0 Å². The SMILES string of the molecule is c1ccc(-c2nsnc2-c2ccccn2)cc1. The summed E-state index contributed by atoms with van der Waals surface area (Å²) in [6.07, 6.45) is 1.77. The van der Waals surface area contributed by atoms with Gasteiger partial charge >= 0.3 is 0 Å². The molecular weight excluding hydrogens is 230 g/mol. The number of aromatic nitrogens is 3. The van der Waals surface area contributed by atoms with E-state index in [2.05, 4.69) is 13.7 Å². The number of nitrogens with zero attached hydrogens (tertiary/aromatic N) is 3. The molecule has 2 heterocycles. The smallest absolute Gasteiger partial charge is 0.131 e. The van der Waals surface area contributed by atoms with Crippen LogP contribution in [0.3, 0.4) is 0 Å². The molecule has 0 atom stereocenters. The van der Waals surface area contributed by atoms with Crippen molar-refractivity contribution in [2.24, 2.45) is 0 Å². The molecule has 17 heavy (non-hydrogen) atoms. The van der Waals surface area contributed by atoms with E-state index in [1.54, 1.807) is 6.20 Å². The Morgan fingerprint density at radius 3 is 2.29 bits per heavy atom. The maximum Gasteiger partial charge on any atom is 0.131 e. The van der Waals surface area contributed by atoms with Crippen molar-refractivity contribution in [2.45, 2.75) is 0 Å². The number of benzene rings is 1. The topological polar surface area (TPSA) is 38.7 Å². The predicted molar refractivity (Wildman–Crippen MR) is 68.6 cm³/mol. The Labute approximate surface area is 103 Å². The van der Waals surface area contributed by atoms with Crippen LogP contribution in [-0.4, -0.2) is 13.7 Å². The Hall–Kier alpha value is -2.07. The van der Waals surface area contributed by atoms with E-state index in [9.17, 15) is 0 Å². The normalized spacial score (nSPS) is 10.4. The van der Waals surface area contributed by atoms with Gasteiger partial charge < -0.3 is 0 Å². The highest BCUT2D eigenvalue weighted by molar-refractivity contribution is 6.99. The molecule has 4 heteroatoms. The third-order valence-corrected chi connectivity index (χ3v) is 2.97. The number of hydrogen-bond donors (Lipinski definition) is 0. The third kappa shape index (κ3) is 1.94. The average molecular weight is 239 g/mol.